The molecule has 1 aromatic rings. The molecule has 1 rings (SSSR count). The summed E-state index contributed by atoms with van der Waals surface area (Å²) in [5.74, 6) is 0.275. The molecule has 0 bridgehead atoms. The Bertz CT molecular complexity index is 363. The minimum absolute atomic E-state index is 0.0862. The molecule has 0 amide bonds. The van der Waals surface area contributed by atoms with Crippen molar-refractivity contribution in [2.24, 2.45) is 5.92 Å². The highest BCUT2D eigenvalue weighted by atomic mass is 79.9. The summed E-state index contributed by atoms with van der Waals surface area (Å²) in [6.07, 6.45) is 1.96. The van der Waals surface area contributed by atoms with Crippen LogP contribution in [0.25, 0.3) is 0 Å². The summed E-state index contributed by atoms with van der Waals surface area (Å²) >= 11 is 9.19. The lowest BCUT2D eigenvalue weighted by atomic mass is 9.95. The van der Waals surface area contributed by atoms with Gasteiger partial charge in [-0.3, -0.25) is 4.79 Å². The highest BCUT2D eigenvalue weighted by Gasteiger charge is 2.14. The Morgan fingerprint density at radius 1 is 1.53 bits per heavy atom. The van der Waals surface area contributed by atoms with Gasteiger partial charge >= 0.3 is 0 Å². The Balaban J connectivity index is 2.87. The molecule has 15 heavy (non-hydrogen) atoms. The summed E-state index contributed by atoms with van der Waals surface area (Å²) in [7, 11) is 0. The van der Waals surface area contributed by atoms with Gasteiger partial charge in [-0.15, -0.1) is 0 Å². The third kappa shape index (κ3) is 3.32. The molecular formula is C12H14BrClO. The van der Waals surface area contributed by atoms with Crippen LogP contribution in [0.3, 0.4) is 0 Å². The fourth-order valence-electron chi connectivity index (χ4n) is 1.50. The average molecular weight is 290 g/mol. The Morgan fingerprint density at radius 2 is 2.20 bits per heavy atom. The number of rotatable bonds is 4. The van der Waals surface area contributed by atoms with Crippen molar-refractivity contribution in [1.82, 2.24) is 0 Å². The van der Waals surface area contributed by atoms with Gasteiger partial charge in [0.1, 0.15) is 0 Å². The van der Waals surface area contributed by atoms with E-state index in [9.17, 15) is 4.79 Å². The smallest absolute Gasteiger partial charge is 0.165 e. The number of benzene rings is 1. The molecule has 0 N–H and O–H groups in total. The van der Waals surface area contributed by atoms with Crippen LogP contribution in [0, 0.1) is 5.92 Å². The third-order valence-corrected chi connectivity index (χ3v) is 3.59. The van der Waals surface area contributed by atoms with E-state index in [0.29, 0.717) is 5.02 Å². The quantitative estimate of drug-likeness (QED) is 0.733. The number of halogens is 2. The van der Waals surface area contributed by atoms with E-state index < -0.39 is 0 Å². The van der Waals surface area contributed by atoms with Crippen LogP contribution in [0.15, 0.2) is 22.7 Å². The fourth-order valence-corrected chi connectivity index (χ4v) is 1.99. The zero-order valence-electron chi connectivity index (χ0n) is 8.89. The minimum Gasteiger partial charge on any atom is -0.294 e. The van der Waals surface area contributed by atoms with Crippen molar-refractivity contribution in [3.63, 3.8) is 0 Å². The maximum atomic E-state index is 11.9. The van der Waals surface area contributed by atoms with Crippen molar-refractivity contribution < 1.29 is 4.79 Å². The van der Waals surface area contributed by atoms with Crippen LogP contribution in [0.4, 0.5) is 0 Å². The van der Waals surface area contributed by atoms with Crippen molar-refractivity contribution in [3.8, 4) is 0 Å². The maximum Gasteiger partial charge on any atom is 0.165 e. The molecule has 0 aromatic heterocycles. The van der Waals surface area contributed by atoms with Crippen LogP contribution < -0.4 is 0 Å². The standard InChI is InChI=1S/C12H14BrClO/c1-3-4-8(2)12(15)9-5-6-11(14)10(13)7-9/h5-8H,3-4H2,1-2H3. The third-order valence-electron chi connectivity index (χ3n) is 2.37. The molecule has 1 unspecified atom stereocenters. The summed E-state index contributed by atoms with van der Waals surface area (Å²) in [6, 6.07) is 5.32. The van der Waals surface area contributed by atoms with E-state index in [2.05, 4.69) is 22.9 Å². The van der Waals surface area contributed by atoms with Crippen LogP contribution in [0.5, 0.6) is 0 Å². The first-order chi connectivity index (χ1) is 7.06. The van der Waals surface area contributed by atoms with Crippen LogP contribution in [-0.2, 0) is 0 Å². The van der Waals surface area contributed by atoms with Gasteiger partial charge in [-0.25, -0.2) is 0 Å². The molecule has 0 aliphatic carbocycles. The molecule has 3 heteroatoms. The normalized spacial score (nSPS) is 12.5. The van der Waals surface area contributed by atoms with Gasteiger partial charge in [0, 0.05) is 16.0 Å². The molecule has 82 valence electrons. The summed E-state index contributed by atoms with van der Waals surface area (Å²) < 4.78 is 0.777. The van der Waals surface area contributed by atoms with Gasteiger partial charge in [0.15, 0.2) is 5.78 Å². The second-order valence-electron chi connectivity index (χ2n) is 3.68. The summed E-state index contributed by atoms with van der Waals surface area (Å²) in [5.41, 5.74) is 0.729. The summed E-state index contributed by atoms with van der Waals surface area (Å²) in [5, 5.41) is 0.634. The van der Waals surface area contributed by atoms with Crippen LogP contribution in [0.1, 0.15) is 37.0 Å². The van der Waals surface area contributed by atoms with Crippen molar-refractivity contribution in [3.05, 3.63) is 33.3 Å². The van der Waals surface area contributed by atoms with Crippen LogP contribution >= 0.6 is 27.5 Å². The first-order valence-electron chi connectivity index (χ1n) is 5.05. The van der Waals surface area contributed by atoms with E-state index >= 15 is 0 Å². The topological polar surface area (TPSA) is 17.1 Å². The van der Waals surface area contributed by atoms with Gasteiger partial charge in [0.05, 0.1) is 5.02 Å². The highest BCUT2D eigenvalue weighted by Crippen LogP contribution is 2.25. The van der Waals surface area contributed by atoms with E-state index in [1.165, 1.54) is 0 Å². The van der Waals surface area contributed by atoms with Crippen molar-refractivity contribution in [2.45, 2.75) is 26.7 Å². The largest absolute Gasteiger partial charge is 0.294 e. The SMILES string of the molecule is CCCC(C)C(=O)c1ccc(Cl)c(Br)c1. The molecule has 1 atom stereocenters. The molecule has 0 fully saturated rings. The monoisotopic (exact) mass is 288 g/mol. The van der Waals surface area contributed by atoms with E-state index in [0.717, 1.165) is 22.9 Å². The number of carbonyl (C=O) groups excluding carboxylic acids is 1. The highest BCUT2D eigenvalue weighted by molar-refractivity contribution is 9.10. The molecule has 0 radical (unpaired) electrons. The molecule has 0 aliphatic heterocycles. The lowest BCUT2D eigenvalue weighted by molar-refractivity contribution is 0.0923. The lowest BCUT2D eigenvalue weighted by Crippen LogP contribution is -2.10. The summed E-state index contributed by atoms with van der Waals surface area (Å²) in [4.78, 5) is 11.9. The minimum atomic E-state index is 0.0862. The first-order valence-corrected chi connectivity index (χ1v) is 6.22. The second-order valence-corrected chi connectivity index (χ2v) is 4.94. The van der Waals surface area contributed by atoms with E-state index in [1.807, 2.05) is 6.92 Å². The molecule has 1 nitrogen and oxygen atoms in total. The Labute approximate surface area is 104 Å². The molecule has 0 aliphatic rings. The number of hydrogen-bond acceptors (Lipinski definition) is 1. The van der Waals surface area contributed by atoms with Crippen molar-refractivity contribution in [2.75, 3.05) is 0 Å². The Morgan fingerprint density at radius 3 is 2.73 bits per heavy atom. The zero-order valence-corrected chi connectivity index (χ0v) is 11.2. The van der Waals surface area contributed by atoms with Gasteiger partial charge in [0.25, 0.3) is 0 Å². The number of Topliss-reactive ketones (excluding diaryl/α,β-unsaturated/α-hetero) is 1. The first kappa shape index (κ1) is 12.7. The van der Waals surface area contributed by atoms with E-state index in [1.54, 1.807) is 18.2 Å². The van der Waals surface area contributed by atoms with Gasteiger partial charge in [-0.1, -0.05) is 31.9 Å². The number of ketones is 1. The predicted molar refractivity (Wildman–Crippen MR) is 67.6 cm³/mol. The van der Waals surface area contributed by atoms with E-state index in [-0.39, 0.29) is 11.7 Å². The second kappa shape index (κ2) is 5.66. The molecule has 1 aromatic carbocycles. The Hall–Kier alpha value is -0.340. The van der Waals surface area contributed by atoms with Crippen molar-refractivity contribution in [1.29, 1.82) is 0 Å². The van der Waals surface area contributed by atoms with Gasteiger partial charge in [-0.2, -0.15) is 0 Å². The molecule has 0 saturated carbocycles. The number of carbonyl (C=O) groups is 1. The summed E-state index contributed by atoms with van der Waals surface area (Å²) in [6.45, 7) is 4.05. The zero-order chi connectivity index (χ0) is 11.4. The molecule has 0 spiro atoms. The van der Waals surface area contributed by atoms with Gasteiger partial charge in [-0.05, 0) is 40.5 Å². The van der Waals surface area contributed by atoms with Crippen LogP contribution in [0.2, 0.25) is 5.02 Å². The Kier molecular flexibility index (Phi) is 4.81. The van der Waals surface area contributed by atoms with Gasteiger partial charge in [0.2, 0.25) is 0 Å². The predicted octanol–water partition coefficient (Wildman–Crippen LogP) is 4.72. The number of hydrogen-bond donors (Lipinski definition) is 0. The fraction of sp³-hybridized carbons (Fsp3) is 0.417. The lowest BCUT2D eigenvalue weighted by Gasteiger charge is -2.09. The molecule has 0 saturated heterocycles. The molecule has 0 heterocycles. The van der Waals surface area contributed by atoms with Crippen molar-refractivity contribution >= 4 is 33.3 Å². The average Bonchev–Trinajstić information content (AvgIpc) is 2.21. The molecular weight excluding hydrogens is 275 g/mol. The van der Waals surface area contributed by atoms with Gasteiger partial charge < -0.3 is 0 Å². The maximum absolute atomic E-state index is 11.9. The van der Waals surface area contributed by atoms with Crippen LogP contribution in [-0.4, -0.2) is 5.78 Å². The van der Waals surface area contributed by atoms with E-state index in [4.69, 9.17) is 11.6 Å².